The lowest BCUT2D eigenvalue weighted by atomic mass is 10.1. The summed E-state index contributed by atoms with van der Waals surface area (Å²) >= 11 is 0. The van der Waals surface area contributed by atoms with E-state index in [0.29, 0.717) is 0 Å². The van der Waals surface area contributed by atoms with E-state index in [-0.39, 0.29) is 0 Å². The molecule has 1 heteroatoms. The Bertz CT molecular complexity index is 275. The van der Waals surface area contributed by atoms with E-state index in [0.717, 1.165) is 5.69 Å². The predicted molar refractivity (Wildman–Crippen MR) is 63.3 cm³/mol. The van der Waals surface area contributed by atoms with Crippen LogP contribution in [-0.4, -0.2) is 0 Å². The molecule has 1 aromatic carbocycles. The first-order valence-electron chi connectivity index (χ1n) is 5.30. The molecule has 0 amide bonds. The zero-order valence-corrected chi connectivity index (χ0v) is 9.09. The van der Waals surface area contributed by atoms with Crippen molar-refractivity contribution in [3.63, 3.8) is 0 Å². The van der Waals surface area contributed by atoms with Crippen molar-refractivity contribution < 1.29 is 0 Å². The van der Waals surface area contributed by atoms with Crippen molar-refractivity contribution in [1.82, 2.24) is 0 Å². The minimum atomic E-state index is 1.16. The van der Waals surface area contributed by atoms with Crippen LogP contribution in [0.2, 0.25) is 0 Å². The topological polar surface area (TPSA) is 12.0 Å². The van der Waals surface area contributed by atoms with Crippen molar-refractivity contribution >= 4 is 5.69 Å². The standard InChI is InChI=1S/C13H19N/c1-3-4-8-12(2)11-14-13-9-6-5-7-10-13/h5-7,9-11,14H,3-4,8H2,1-2H3. The number of nitrogens with one attached hydrogen (secondary N) is 1. The van der Waals surface area contributed by atoms with E-state index in [1.54, 1.807) is 0 Å². The lowest BCUT2D eigenvalue weighted by molar-refractivity contribution is 0.786. The van der Waals surface area contributed by atoms with Gasteiger partial charge in [-0.3, -0.25) is 0 Å². The van der Waals surface area contributed by atoms with Gasteiger partial charge in [0.1, 0.15) is 0 Å². The summed E-state index contributed by atoms with van der Waals surface area (Å²) in [5, 5.41) is 3.29. The molecule has 0 aromatic heterocycles. The number of unbranched alkanes of at least 4 members (excludes halogenated alkanes) is 1. The summed E-state index contributed by atoms with van der Waals surface area (Å²) in [5.41, 5.74) is 2.57. The monoisotopic (exact) mass is 189 g/mol. The van der Waals surface area contributed by atoms with Crippen LogP contribution in [0.15, 0.2) is 42.1 Å². The summed E-state index contributed by atoms with van der Waals surface area (Å²) in [4.78, 5) is 0. The second kappa shape index (κ2) is 6.25. The first kappa shape index (κ1) is 10.8. The van der Waals surface area contributed by atoms with Gasteiger partial charge in [-0.2, -0.15) is 0 Å². The van der Waals surface area contributed by atoms with Crippen LogP contribution >= 0.6 is 0 Å². The minimum absolute atomic E-state index is 1.16. The number of anilines is 1. The van der Waals surface area contributed by atoms with E-state index in [4.69, 9.17) is 0 Å². The second-order valence-electron chi connectivity index (χ2n) is 3.60. The van der Waals surface area contributed by atoms with Gasteiger partial charge in [-0.1, -0.05) is 37.1 Å². The van der Waals surface area contributed by atoms with Gasteiger partial charge in [0.2, 0.25) is 0 Å². The molecule has 0 unspecified atom stereocenters. The molecule has 0 heterocycles. The Kier molecular flexibility index (Phi) is 4.84. The molecule has 0 spiro atoms. The van der Waals surface area contributed by atoms with Crippen LogP contribution < -0.4 is 5.32 Å². The van der Waals surface area contributed by atoms with Gasteiger partial charge >= 0.3 is 0 Å². The van der Waals surface area contributed by atoms with Gasteiger partial charge in [0.05, 0.1) is 0 Å². The van der Waals surface area contributed by atoms with E-state index in [9.17, 15) is 0 Å². The average molecular weight is 189 g/mol. The molecule has 0 bridgehead atoms. The molecule has 76 valence electrons. The molecule has 0 radical (unpaired) electrons. The Morgan fingerprint density at radius 2 is 2.00 bits per heavy atom. The maximum Gasteiger partial charge on any atom is 0.0379 e. The van der Waals surface area contributed by atoms with Crippen molar-refractivity contribution in [2.75, 3.05) is 5.32 Å². The summed E-state index contributed by atoms with van der Waals surface area (Å²) in [5.74, 6) is 0. The van der Waals surface area contributed by atoms with Crippen molar-refractivity contribution in [2.24, 2.45) is 0 Å². The summed E-state index contributed by atoms with van der Waals surface area (Å²) in [6.45, 7) is 4.39. The highest BCUT2D eigenvalue weighted by molar-refractivity contribution is 5.45. The van der Waals surface area contributed by atoms with E-state index >= 15 is 0 Å². The molecule has 0 saturated carbocycles. The second-order valence-corrected chi connectivity index (χ2v) is 3.60. The van der Waals surface area contributed by atoms with Crippen LogP contribution in [0.5, 0.6) is 0 Å². The Morgan fingerprint density at radius 3 is 2.64 bits per heavy atom. The van der Waals surface area contributed by atoms with Gasteiger partial charge in [0.15, 0.2) is 0 Å². The summed E-state index contributed by atoms with van der Waals surface area (Å²) < 4.78 is 0. The van der Waals surface area contributed by atoms with Crippen LogP contribution in [0.4, 0.5) is 5.69 Å². The quantitative estimate of drug-likeness (QED) is 0.732. The van der Waals surface area contributed by atoms with E-state index in [2.05, 4.69) is 37.5 Å². The third-order valence-electron chi connectivity index (χ3n) is 2.18. The van der Waals surface area contributed by atoms with Crippen molar-refractivity contribution in [2.45, 2.75) is 33.1 Å². The number of benzene rings is 1. The molecule has 0 saturated heterocycles. The zero-order valence-electron chi connectivity index (χ0n) is 9.09. The first-order chi connectivity index (χ1) is 6.83. The van der Waals surface area contributed by atoms with E-state index < -0.39 is 0 Å². The van der Waals surface area contributed by atoms with Gasteiger partial charge in [0, 0.05) is 5.69 Å². The largest absolute Gasteiger partial charge is 0.362 e. The number of rotatable bonds is 5. The molecule has 14 heavy (non-hydrogen) atoms. The summed E-state index contributed by atoms with van der Waals surface area (Å²) in [6.07, 6.45) is 5.83. The van der Waals surface area contributed by atoms with Gasteiger partial charge in [0.25, 0.3) is 0 Å². The molecule has 0 fully saturated rings. The van der Waals surface area contributed by atoms with Crippen molar-refractivity contribution in [1.29, 1.82) is 0 Å². The third kappa shape index (κ3) is 4.13. The van der Waals surface area contributed by atoms with Crippen LogP contribution in [0.1, 0.15) is 33.1 Å². The highest BCUT2D eigenvalue weighted by Crippen LogP contribution is 2.09. The highest BCUT2D eigenvalue weighted by Gasteiger charge is 1.89. The zero-order chi connectivity index (χ0) is 10.2. The summed E-state index contributed by atoms with van der Waals surface area (Å²) in [7, 11) is 0. The third-order valence-corrected chi connectivity index (χ3v) is 2.18. The molecule has 0 aliphatic carbocycles. The maximum absolute atomic E-state index is 3.29. The SMILES string of the molecule is CCCCC(C)=CNc1ccccc1. The number of allylic oxidation sites excluding steroid dienone is 1. The molecule has 1 N–H and O–H groups in total. The molecule has 0 atom stereocenters. The van der Waals surface area contributed by atoms with Crippen LogP contribution in [0.25, 0.3) is 0 Å². The van der Waals surface area contributed by atoms with Gasteiger partial charge in [-0.05, 0) is 38.1 Å². The lowest BCUT2D eigenvalue weighted by Crippen LogP contribution is -1.89. The number of hydrogen-bond acceptors (Lipinski definition) is 1. The molecule has 0 aliphatic heterocycles. The fourth-order valence-corrected chi connectivity index (χ4v) is 1.27. The Labute approximate surface area is 86.8 Å². The molecule has 0 aliphatic rings. The molecular weight excluding hydrogens is 170 g/mol. The van der Waals surface area contributed by atoms with Gasteiger partial charge in [-0.25, -0.2) is 0 Å². The fourth-order valence-electron chi connectivity index (χ4n) is 1.27. The lowest BCUT2D eigenvalue weighted by Gasteiger charge is -2.02. The van der Waals surface area contributed by atoms with Crippen molar-refractivity contribution in [3.05, 3.63) is 42.1 Å². The first-order valence-corrected chi connectivity index (χ1v) is 5.30. The molecule has 1 rings (SSSR count). The predicted octanol–water partition coefficient (Wildman–Crippen LogP) is 4.19. The van der Waals surface area contributed by atoms with Gasteiger partial charge < -0.3 is 5.32 Å². The van der Waals surface area contributed by atoms with E-state index in [1.807, 2.05) is 18.2 Å². The van der Waals surface area contributed by atoms with Gasteiger partial charge in [-0.15, -0.1) is 0 Å². The number of hydrogen-bond donors (Lipinski definition) is 1. The highest BCUT2D eigenvalue weighted by atomic mass is 14.8. The Morgan fingerprint density at radius 1 is 1.29 bits per heavy atom. The van der Waals surface area contributed by atoms with Crippen molar-refractivity contribution in [3.8, 4) is 0 Å². The molecular formula is C13H19N. The summed E-state index contributed by atoms with van der Waals surface area (Å²) in [6, 6.07) is 10.3. The van der Waals surface area contributed by atoms with Crippen LogP contribution in [0.3, 0.4) is 0 Å². The Balaban J connectivity index is 2.39. The number of para-hydroxylation sites is 1. The normalized spacial score (nSPS) is 11.4. The van der Waals surface area contributed by atoms with Crippen LogP contribution in [0, 0.1) is 0 Å². The van der Waals surface area contributed by atoms with E-state index in [1.165, 1.54) is 24.8 Å². The van der Waals surface area contributed by atoms with Crippen LogP contribution in [-0.2, 0) is 0 Å². The smallest absolute Gasteiger partial charge is 0.0379 e. The molecule has 1 nitrogen and oxygen atoms in total. The average Bonchev–Trinajstić information content (AvgIpc) is 2.25. The molecule has 1 aromatic rings. The fraction of sp³-hybridized carbons (Fsp3) is 0.385. The minimum Gasteiger partial charge on any atom is -0.362 e. The maximum atomic E-state index is 3.29. The Hall–Kier alpha value is -1.24.